The fourth-order valence-electron chi connectivity index (χ4n) is 2.35. The standard InChI is InChI=1S/C13H20N2OS/c1-17-13-10-4-2-3-5-11(10)15-12(13)6-7-14-8-9-16/h2-5,12-16H,6-9H2,1H3/t12-,13-/m0/s1. The van der Waals surface area contributed by atoms with Crippen LogP contribution in [0.4, 0.5) is 5.69 Å². The summed E-state index contributed by atoms with van der Waals surface area (Å²) in [6.07, 6.45) is 3.25. The van der Waals surface area contributed by atoms with Crippen LogP contribution in [0.15, 0.2) is 24.3 Å². The van der Waals surface area contributed by atoms with Crippen molar-refractivity contribution < 1.29 is 5.11 Å². The van der Waals surface area contributed by atoms with Crippen molar-refractivity contribution in [3.63, 3.8) is 0 Å². The molecule has 0 unspecified atom stereocenters. The Labute approximate surface area is 107 Å². The van der Waals surface area contributed by atoms with Crippen molar-refractivity contribution in [2.45, 2.75) is 17.7 Å². The van der Waals surface area contributed by atoms with Gasteiger partial charge in [-0.25, -0.2) is 0 Å². The van der Waals surface area contributed by atoms with Crippen molar-refractivity contribution in [1.29, 1.82) is 0 Å². The molecule has 3 nitrogen and oxygen atoms in total. The molecule has 2 rings (SSSR count). The summed E-state index contributed by atoms with van der Waals surface area (Å²) in [5, 5.41) is 16.1. The normalized spacial score (nSPS) is 22.2. The van der Waals surface area contributed by atoms with Crippen LogP contribution in [-0.4, -0.2) is 37.1 Å². The highest BCUT2D eigenvalue weighted by molar-refractivity contribution is 7.98. The predicted molar refractivity (Wildman–Crippen MR) is 74.7 cm³/mol. The molecule has 1 aromatic carbocycles. The minimum atomic E-state index is 0.213. The number of aliphatic hydroxyl groups is 1. The van der Waals surface area contributed by atoms with Gasteiger partial charge in [0.1, 0.15) is 0 Å². The summed E-state index contributed by atoms with van der Waals surface area (Å²) in [4.78, 5) is 0. The first-order valence-electron chi connectivity index (χ1n) is 6.06. The van der Waals surface area contributed by atoms with E-state index >= 15 is 0 Å². The molecule has 0 aliphatic carbocycles. The maximum Gasteiger partial charge on any atom is 0.0555 e. The summed E-state index contributed by atoms with van der Waals surface area (Å²) in [6, 6.07) is 9.05. The monoisotopic (exact) mass is 252 g/mol. The van der Waals surface area contributed by atoms with Crippen LogP contribution in [-0.2, 0) is 0 Å². The van der Waals surface area contributed by atoms with E-state index in [1.165, 1.54) is 11.3 Å². The number of nitrogens with one attached hydrogen (secondary N) is 2. The van der Waals surface area contributed by atoms with Gasteiger partial charge in [0.25, 0.3) is 0 Å². The summed E-state index contributed by atoms with van der Waals surface area (Å²) < 4.78 is 0. The van der Waals surface area contributed by atoms with Gasteiger partial charge in [0, 0.05) is 18.3 Å². The highest BCUT2D eigenvalue weighted by atomic mass is 32.2. The van der Waals surface area contributed by atoms with E-state index in [9.17, 15) is 0 Å². The first-order chi connectivity index (χ1) is 8.36. The van der Waals surface area contributed by atoms with Crippen LogP contribution in [0.2, 0.25) is 0 Å². The molecular formula is C13H20N2OS. The second-order valence-electron chi connectivity index (χ2n) is 4.26. The van der Waals surface area contributed by atoms with Crippen LogP contribution >= 0.6 is 11.8 Å². The van der Waals surface area contributed by atoms with Crippen molar-refractivity contribution in [2.24, 2.45) is 0 Å². The lowest BCUT2D eigenvalue weighted by Crippen LogP contribution is -2.27. The molecule has 1 aromatic rings. The topological polar surface area (TPSA) is 44.3 Å². The minimum absolute atomic E-state index is 0.213. The van der Waals surface area contributed by atoms with Crippen molar-refractivity contribution in [1.82, 2.24) is 5.32 Å². The van der Waals surface area contributed by atoms with Gasteiger partial charge in [0.05, 0.1) is 11.9 Å². The zero-order valence-corrected chi connectivity index (χ0v) is 11.0. The van der Waals surface area contributed by atoms with Gasteiger partial charge >= 0.3 is 0 Å². The molecule has 0 saturated heterocycles. The van der Waals surface area contributed by atoms with E-state index in [4.69, 9.17) is 5.11 Å². The van der Waals surface area contributed by atoms with Gasteiger partial charge < -0.3 is 15.7 Å². The molecule has 0 radical (unpaired) electrons. The number of hydrogen-bond acceptors (Lipinski definition) is 4. The van der Waals surface area contributed by atoms with Gasteiger partial charge in [0.2, 0.25) is 0 Å². The Kier molecular flexibility index (Phi) is 4.71. The fourth-order valence-corrected chi connectivity index (χ4v) is 3.34. The maximum atomic E-state index is 8.72. The summed E-state index contributed by atoms with van der Waals surface area (Å²) in [5.41, 5.74) is 2.70. The summed E-state index contributed by atoms with van der Waals surface area (Å²) >= 11 is 1.91. The molecule has 17 heavy (non-hydrogen) atoms. The largest absolute Gasteiger partial charge is 0.395 e. The maximum absolute atomic E-state index is 8.72. The van der Waals surface area contributed by atoms with E-state index in [1.54, 1.807) is 0 Å². The number of rotatable bonds is 6. The highest BCUT2D eigenvalue weighted by Crippen LogP contribution is 2.42. The molecular weight excluding hydrogens is 232 g/mol. The van der Waals surface area contributed by atoms with E-state index in [0.717, 1.165) is 13.0 Å². The number of fused-ring (bicyclic) bond motifs is 1. The second kappa shape index (κ2) is 6.28. The summed E-state index contributed by atoms with van der Waals surface area (Å²) in [7, 11) is 0. The van der Waals surface area contributed by atoms with E-state index in [0.29, 0.717) is 17.8 Å². The number of aliphatic hydroxyl groups excluding tert-OH is 1. The number of anilines is 1. The average Bonchev–Trinajstić information content (AvgIpc) is 2.72. The lowest BCUT2D eigenvalue weighted by Gasteiger charge is -2.18. The van der Waals surface area contributed by atoms with Crippen LogP contribution in [0, 0.1) is 0 Å². The second-order valence-corrected chi connectivity index (χ2v) is 5.24. The number of thioether (sulfide) groups is 1. The quantitative estimate of drug-likeness (QED) is 0.676. The zero-order chi connectivity index (χ0) is 12.1. The predicted octanol–water partition coefficient (Wildman–Crippen LogP) is 1.86. The van der Waals surface area contributed by atoms with Crippen molar-refractivity contribution >= 4 is 17.4 Å². The van der Waals surface area contributed by atoms with E-state index in [1.807, 2.05) is 11.8 Å². The average molecular weight is 252 g/mol. The molecule has 1 heterocycles. The molecule has 0 amide bonds. The van der Waals surface area contributed by atoms with Gasteiger partial charge in [-0.15, -0.1) is 0 Å². The van der Waals surface area contributed by atoms with E-state index in [2.05, 4.69) is 41.2 Å². The van der Waals surface area contributed by atoms with Crippen molar-refractivity contribution in [2.75, 3.05) is 31.3 Å². The Balaban J connectivity index is 1.93. The molecule has 0 bridgehead atoms. The Morgan fingerprint density at radius 2 is 2.18 bits per heavy atom. The minimum Gasteiger partial charge on any atom is -0.395 e. The fraction of sp³-hybridized carbons (Fsp3) is 0.538. The van der Waals surface area contributed by atoms with Crippen molar-refractivity contribution in [3.8, 4) is 0 Å². The number of para-hydroxylation sites is 1. The molecule has 94 valence electrons. The Morgan fingerprint density at radius 1 is 1.35 bits per heavy atom. The van der Waals surface area contributed by atoms with E-state index < -0.39 is 0 Å². The third-order valence-electron chi connectivity index (χ3n) is 3.15. The van der Waals surface area contributed by atoms with Crippen LogP contribution in [0.5, 0.6) is 0 Å². The van der Waals surface area contributed by atoms with Crippen LogP contribution < -0.4 is 10.6 Å². The molecule has 0 saturated carbocycles. The van der Waals surface area contributed by atoms with Gasteiger partial charge in [-0.1, -0.05) is 18.2 Å². The third-order valence-corrected chi connectivity index (χ3v) is 4.24. The van der Waals surface area contributed by atoms with Gasteiger partial charge in [-0.2, -0.15) is 11.8 Å². The summed E-state index contributed by atoms with van der Waals surface area (Å²) in [6.45, 7) is 1.84. The SMILES string of the molecule is CS[C@H]1c2ccccc2N[C@H]1CCNCCO. The van der Waals surface area contributed by atoms with Crippen LogP contribution in [0.1, 0.15) is 17.2 Å². The smallest absolute Gasteiger partial charge is 0.0555 e. The molecule has 1 aliphatic rings. The first-order valence-corrected chi connectivity index (χ1v) is 7.35. The van der Waals surface area contributed by atoms with E-state index in [-0.39, 0.29) is 6.61 Å². The third kappa shape index (κ3) is 2.94. The summed E-state index contributed by atoms with van der Waals surface area (Å²) in [5.74, 6) is 0. The van der Waals surface area contributed by atoms with Gasteiger partial charge in [-0.3, -0.25) is 0 Å². The zero-order valence-electron chi connectivity index (χ0n) is 10.1. The highest BCUT2D eigenvalue weighted by Gasteiger charge is 2.30. The molecule has 0 fully saturated rings. The molecule has 0 spiro atoms. The number of hydrogen-bond donors (Lipinski definition) is 3. The van der Waals surface area contributed by atoms with Gasteiger partial charge in [0.15, 0.2) is 0 Å². The Hall–Kier alpha value is -0.710. The lowest BCUT2D eigenvalue weighted by atomic mass is 10.1. The van der Waals surface area contributed by atoms with Crippen LogP contribution in [0.3, 0.4) is 0 Å². The molecule has 3 N–H and O–H groups in total. The molecule has 2 atom stereocenters. The first kappa shape index (κ1) is 12.7. The van der Waals surface area contributed by atoms with Gasteiger partial charge in [-0.05, 0) is 30.9 Å². The molecule has 4 heteroatoms. The molecule has 1 aliphatic heterocycles. The number of benzene rings is 1. The molecule has 0 aromatic heterocycles. The lowest BCUT2D eigenvalue weighted by molar-refractivity contribution is 0.291. The Morgan fingerprint density at radius 3 is 2.94 bits per heavy atom. The van der Waals surface area contributed by atoms with Crippen molar-refractivity contribution in [3.05, 3.63) is 29.8 Å². The van der Waals surface area contributed by atoms with Crippen LogP contribution in [0.25, 0.3) is 0 Å². The Bertz CT molecular complexity index is 359.